The molecule has 0 unspecified atom stereocenters. The Morgan fingerprint density at radius 2 is 2.37 bits per heavy atom. The Hall–Kier alpha value is -1.24. The molecule has 6 heteroatoms. The lowest BCUT2D eigenvalue weighted by Crippen LogP contribution is -2.41. The summed E-state index contributed by atoms with van der Waals surface area (Å²) in [6, 6.07) is 0. The first-order chi connectivity index (χ1) is 9.24. The summed E-state index contributed by atoms with van der Waals surface area (Å²) < 4.78 is 5.27. The number of morpholine rings is 1. The minimum absolute atomic E-state index is 0.0705. The zero-order valence-electron chi connectivity index (χ0n) is 11.1. The number of carbonyl (C=O) groups excluding carboxylic acids is 1. The molecule has 0 saturated carbocycles. The van der Waals surface area contributed by atoms with Gasteiger partial charge in [-0.15, -0.1) is 11.3 Å². The van der Waals surface area contributed by atoms with Crippen molar-refractivity contribution < 1.29 is 9.53 Å². The predicted molar refractivity (Wildman–Crippen MR) is 76.2 cm³/mol. The minimum Gasteiger partial charge on any atom is -0.379 e. The highest BCUT2D eigenvalue weighted by molar-refractivity contribution is 7.09. The van der Waals surface area contributed by atoms with Crippen molar-refractivity contribution in [2.75, 3.05) is 39.4 Å². The standard InChI is InChI=1S/C13H19N3O2S/c1-11-15-12(10-19-11)2-3-13(17)14-4-5-16-6-8-18-9-7-16/h2-3,10H,4-9H2,1H3,(H,14,17). The van der Waals surface area contributed by atoms with Crippen molar-refractivity contribution in [2.24, 2.45) is 0 Å². The van der Waals surface area contributed by atoms with E-state index in [1.54, 1.807) is 17.4 Å². The summed E-state index contributed by atoms with van der Waals surface area (Å²) in [5.74, 6) is -0.0705. The van der Waals surface area contributed by atoms with Crippen LogP contribution in [0, 0.1) is 6.92 Å². The molecule has 0 radical (unpaired) electrons. The van der Waals surface area contributed by atoms with Crippen molar-refractivity contribution in [3.63, 3.8) is 0 Å². The van der Waals surface area contributed by atoms with Crippen LogP contribution in [0.1, 0.15) is 10.7 Å². The first kappa shape index (κ1) is 14.2. The van der Waals surface area contributed by atoms with E-state index < -0.39 is 0 Å². The van der Waals surface area contributed by atoms with Crippen LogP contribution in [-0.2, 0) is 9.53 Å². The zero-order valence-corrected chi connectivity index (χ0v) is 11.9. The van der Waals surface area contributed by atoms with Crippen LogP contribution in [0.2, 0.25) is 0 Å². The second kappa shape index (κ2) is 7.37. The normalized spacial score (nSPS) is 16.9. The van der Waals surface area contributed by atoms with E-state index in [-0.39, 0.29) is 5.91 Å². The number of nitrogens with one attached hydrogen (secondary N) is 1. The van der Waals surface area contributed by atoms with Gasteiger partial charge in [0.15, 0.2) is 0 Å². The highest BCUT2D eigenvalue weighted by Gasteiger charge is 2.09. The van der Waals surface area contributed by atoms with E-state index in [4.69, 9.17) is 4.74 Å². The number of amides is 1. The SMILES string of the molecule is Cc1nc(C=CC(=O)NCCN2CCOCC2)cs1. The number of aromatic nitrogens is 1. The number of ether oxygens (including phenoxy) is 1. The Bertz CT molecular complexity index is 439. The number of carbonyl (C=O) groups is 1. The number of hydrogen-bond donors (Lipinski definition) is 1. The lowest BCUT2D eigenvalue weighted by Gasteiger charge is -2.26. The largest absolute Gasteiger partial charge is 0.379 e. The number of thiazole rings is 1. The van der Waals surface area contributed by atoms with Crippen LogP contribution < -0.4 is 5.32 Å². The van der Waals surface area contributed by atoms with E-state index in [1.807, 2.05) is 12.3 Å². The number of aryl methyl sites for hydroxylation is 1. The average molecular weight is 281 g/mol. The van der Waals surface area contributed by atoms with Crippen molar-refractivity contribution in [3.8, 4) is 0 Å². The summed E-state index contributed by atoms with van der Waals surface area (Å²) in [4.78, 5) is 18.2. The van der Waals surface area contributed by atoms with Crippen LogP contribution in [0.5, 0.6) is 0 Å². The molecule has 2 heterocycles. The second-order valence-electron chi connectivity index (χ2n) is 4.37. The Kier molecular flexibility index (Phi) is 5.50. The second-order valence-corrected chi connectivity index (χ2v) is 5.43. The highest BCUT2D eigenvalue weighted by atomic mass is 32.1. The van der Waals surface area contributed by atoms with Gasteiger partial charge in [-0.1, -0.05) is 0 Å². The highest BCUT2D eigenvalue weighted by Crippen LogP contribution is 2.08. The fourth-order valence-electron chi connectivity index (χ4n) is 1.84. The third-order valence-corrected chi connectivity index (χ3v) is 3.66. The average Bonchev–Trinajstić information content (AvgIpc) is 2.83. The molecule has 19 heavy (non-hydrogen) atoms. The number of rotatable bonds is 5. The Morgan fingerprint density at radius 3 is 3.05 bits per heavy atom. The van der Waals surface area contributed by atoms with Gasteiger partial charge in [-0.2, -0.15) is 0 Å². The van der Waals surface area contributed by atoms with Gasteiger partial charge in [-0.25, -0.2) is 4.98 Å². The molecule has 1 saturated heterocycles. The summed E-state index contributed by atoms with van der Waals surface area (Å²) in [5, 5.41) is 5.82. The van der Waals surface area contributed by atoms with E-state index in [0.717, 1.165) is 43.5 Å². The molecule has 5 nitrogen and oxygen atoms in total. The monoisotopic (exact) mass is 281 g/mol. The maximum absolute atomic E-state index is 11.6. The summed E-state index contributed by atoms with van der Waals surface area (Å²) in [6.07, 6.45) is 3.28. The molecule has 1 aliphatic heterocycles. The lowest BCUT2D eigenvalue weighted by molar-refractivity contribution is -0.116. The van der Waals surface area contributed by atoms with Crippen molar-refractivity contribution >= 4 is 23.3 Å². The molecule has 1 fully saturated rings. The van der Waals surface area contributed by atoms with Crippen molar-refractivity contribution in [1.29, 1.82) is 0 Å². The lowest BCUT2D eigenvalue weighted by atomic mass is 10.4. The fourth-order valence-corrected chi connectivity index (χ4v) is 2.42. The first-order valence-electron chi connectivity index (χ1n) is 6.42. The van der Waals surface area contributed by atoms with Gasteiger partial charge in [-0.05, 0) is 13.0 Å². The van der Waals surface area contributed by atoms with Crippen molar-refractivity contribution in [3.05, 3.63) is 22.2 Å². The molecule has 2 rings (SSSR count). The van der Waals surface area contributed by atoms with Gasteiger partial charge in [0.05, 0.1) is 23.9 Å². The van der Waals surface area contributed by atoms with E-state index in [1.165, 1.54) is 6.08 Å². The van der Waals surface area contributed by atoms with E-state index in [9.17, 15) is 4.79 Å². The van der Waals surface area contributed by atoms with Crippen LogP contribution in [0.3, 0.4) is 0 Å². The van der Waals surface area contributed by atoms with Gasteiger partial charge in [0.2, 0.25) is 5.91 Å². The number of hydrogen-bond acceptors (Lipinski definition) is 5. The Balaban J connectivity index is 1.65. The first-order valence-corrected chi connectivity index (χ1v) is 7.30. The van der Waals surface area contributed by atoms with Gasteiger partial charge in [0, 0.05) is 37.6 Å². The van der Waals surface area contributed by atoms with Crippen LogP contribution in [0.15, 0.2) is 11.5 Å². The van der Waals surface area contributed by atoms with Gasteiger partial charge >= 0.3 is 0 Å². The molecule has 1 aromatic heterocycles. The van der Waals surface area contributed by atoms with Gasteiger partial charge in [0.25, 0.3) is 0 Å². The summed E-state index contributed by atoms with van der Waals surface area (Å²) in [7, 11) is 0. The summed E-state index contributed by atoms with van der Waals surface area (Å²) in [6.45, 7) is 6.96. The molecule has 1 aliphatic rings. The maximum atomic E-state index is 11.6. The fraction of sp³-hybridized carbons (Fsp3) is 0.538. The molecule has 0 atom stereocenters. The molecule has 0 bridgehead atoms. The Labute approximate surface area is 117 Å². The topological polar surface area (TPSA) is 54.5 Å². The number of nitrogens with zero attached hydrogens (tertiary/aromatic N) is 2. The zero-order chi connectivity index (χ0) is 13.5. The van der Waals surface area contributed by atoms with Gasteiger partial charge in [0.1, 0.15) is 0 Å². The van der Waals surface area contributed by atoms with E-state index >= 15 is 0 Å². The summed E-state index contributed by atoms with van der Waals surface area (Å²) >= 11 is 1.58. The maximum Gasteiger partial charge on any atom is 0.244 e. The van der Waals surface area contributed by atoms with Crippen LogP contribution >= 0.6 is 11.3 Å². The molecule has 1 N–H and O–H groups in total. The van der Waals surface area contributed by atoms with Crippen LogP contribution in [-0.4, -0.2) is 55.2 Å². The van der Waals surface area contributed by atoms with Gasteiger partial charge in [-0.3, -0.25) is 9.69 Å². The minimum atomic E-state index is -0.0705. The smallest absolute Gasteiger partial charge is 0.244 e. The van der Waals surface area contributed by atoms with Gasteiger partial charge < -0.3 is 10.1 Å². The predicted octanol–water partition coefficient (Wildman–Crippen LogP) is 0.913. The van der Waals surface area contributed by atoms with E-state index in [2.05, 4.69) is 15.2 Å². The third-order valence-electron chi connectivity index (χ3n) is 2.87. The Morgan fingerprint density at radius 1 is 1.58 bits per heavy atom. The molecule has 0 aromatic carbocycles. The molecular formula is C13H19N3O2S. The molecule has 1 aromatic rings. The van der Waals surface area contributed by atoms with Crippen molar-refractivity contribution in [1.82, 2.24) is 15.2 Å². The van der Waals surface area contributed by atoms with E-state index in [0.29, 0.717) is 6.54 Å². The molecular weight excluding hydrogens is 262 g/mol. The molecule has 104 valence electrons. The molecule has 0 aliphatic carbocycles. The van der Waals surface area contributed by atoms with Crippen molar-refractivity contribution in [2.45, 2.75) is 6.92 Å². The quantitative estimate of drug-likeness (QED) is 0.815. The van der Waals surface area contributed by atoms with Crippen LogP contribution in [0.4, 0.5) is 0 Å². The summed E-state index contributed by atoms with van der Waals surface area (Å²) in [5.41, 5.74) is 0.839. The molecule has 1 amide bonds. The third kappa shape index (κ3) is 5.10. The van der Waals surface area contributed by atoms with Crippen LogP contribution in [0.25, 0.3) is 6.08 Å². The molecule has 0 spiro atoms.